The van der Waals surface area contributed by atoms with Gasteiger partial charge in [-0.05, 0) is 125 Å². The fourth-order valence-corrected chi connectivity index (χ4v) is 17.8. The molecule has 506 valence electrons. The van der Waals surface area contributed by atoms with Crippen molar-refractivity contribution in [2.45, 2.75) is 263 Å². The Morgan fingerprint density at radius 2 is 1.48 bits per heavy atom. The van der Waals surface area contributed by atoms with Crippen molar-refractivity contribution < 1.29 is 128 Å². The molecule has 3 saturated heterocycles. The quantitative estimate of drug-likeness (QED) is 0.0321. The molecule has 0 aromatic rings. The van der Waals surface area contributed by atoms with E-state index in [0.29, 0.717) is 32.1 Å². The van der Waals surface area contributed by atoms with Crippen molar-refractivity contribution in [3.63, 3.8) is 0 Å². The van der Waals surface area contributed by atoms with Gasteiger partial charge in [-0.1, -0.05) is 65.3 Å². The van der Waals surface area contributed by atoms with Gasteiger partial charge in [-0.25, -0.2) is 14.4 Å². The summed E-state index contributed by atoms with van der Waals surface area (Å²) in [6.07, 6.45) is -27.9. The minimum absolute atomic E-state index is 0.0689. The van der Waals surface area contributed by atoms with Gasteiger partial charge in [-0.15, -0.1) is 0 Å². The van der Waals surface area contributed by atoms with Crippen LogP contribution in [-0.2, 0) is 61.8 Å². The molecule has 14 unspecified atom stereocenters. The Kier molecular flexibility index (Phi) is 20.7. The van der Waals surface area contributed by atoms with E-state index in [1.54, 1.807) is 19.9 Å². The summed E-state index contributed by atoms with van der Waals surface area (Å²) >= 11 is 0. The Morgan fingerprint density at radius 3 is 2.11 bits per heavy atom. The van der Waals surface area contributed by atoms with Gasteiger partial charge in [0.15, 0.2) is 43.5 Å². The number of esters is 2. The van der Waals surface area contributed by atoms with E-state index in [9.17, 15) is 80.8 Å². The van der Waals surface area contributed by atoms with Gasteiger partial charge in [0.2, 0.25) is 0 Å². The molecule has 26 heteroatoms. The molecule has 5 aliphatic carbocycles. The molecule has 0 aromatic carbocycles. The molecular weight excluding hydrogens is 1170 g/mol. The minimum Gasteiger partial charge on any atom is -0.479 e. The van der Waals surface area contributed by atoms with Gasteiger partial charge in [0.25, 0.3) is 0 Å². The molecule has 30 atom stereocenters. The molecule has 4 saturated carbocycles. The number of carboxylic acid groups (broad SMARTS) is 1. The number of aliphatic hydroxyl groups excluding tert-OH is 12. The van der Waals surface area contributed by atoms with Gasteiger partial charge in [0.05, 0.1) is 62.4 Å². The van der Waals surface area contributed by atoms with Gasteiger partial charge in [-0.2, -0.15) is 0 Å². The molecule has 26 nitrogen and oxygen atoms in total. The van der Waals surface area contributed by atoms with Gasteiger partial charge in [0.1, 0.15) is 61.0 Å². The van der Waals surface area contributed by atoms with E-state index in [2.05, 4.69) is 26.8 Å². The standard InChI is InChI=1S/C63H98O26/c1-12-27(2)53(78)86-47-44(74)56-80-29(4)45(47)85-54(79)28(3)15-18-60(9)36-16-20-61(10)37(14-13-31-32-21-58(6,7)51(89-56)50(75)63(32,26-67)38(69)22-62(31,61)11)59(36,8)19-17-39(60)84-57-49(88-55-42(72)41(71)40(70)35(25-66)83-55)46(43(73)48(87-57)52(76)77)82-30(5)81-34(24-65)33(68)23-64/h12-13,15,29-30,32-51,55-57,64-75H,14,16-26H2,1-11H3,(H,76,77)/b27-12-,28-15-/t29?,30?,32?,33?,34-,35?,36?,37?,38+,39-,40-,41?,42?,43-,44?,45-,46?,47?,48?,49?,50-,51-,55-,56-,57+,59-,60-,61+,62+,63-/m0/s1. The number of hydrogen-bond acceptors (Lipinski definition) is 25. The van der Waals surface area contributed by atoms with Crippen LogP contribution in [-0.4, -0.2) is 246 Å². The molecule has 15 rings (SSSR count). The molecule has 0 aromatic heterocycles. The van der Waals surface area contributed by atoms with Crippen molar-refractivity contribution in [1.82, 2.24) is 0 Å². The van der Waals surface area contributed by atoms with Gasteiger partial charge in [-0.3, -0.25) is 0 Å². The number of ether oxygens (including phenoxy) is 10. The molecule has 13 N–H and O–H groups in total. The van der Waals surface area contributed by atoms with Crippen molar-refractivity contribution in [3.8, 4) is 0 Å². The minimum atomic E-state index is -2.14. The van der Waals surface area contributed by atoms with Crippen molar-refractivity contribution in [2.75, 3.05) is 26.4 Å². The summed E-state index contributed by atoms with van der Waals surface area (Å²) in [5, 5.41) is 146. The normalized spacial score (nSPS) is 49.0. The lowest BCUT2D eigenvalue weighted by Gasteiger charge is -2.73. The summed E-state index contributed by atoms with van der Waals surface area (Å²) in [7, 11) is 0. The summed E-state index contributed by atoms with van der Waals surface area (Å²) in [6, 6.07) is 0. The lowest BCUT2D eigenvalue weighted by Crippen LogP contribution is -2.72. The molecule has 7 fully saturated rings. The Labute approximate surface area is 518 Å². The highest BCUT2D eigenvalue weighted by molar-refractivity contribution is 5.89. The zero-order chi connectivity index (χ0) is 65.6. The number of carbonyl (C=O) groups is 3. The largest absolute Gasteiger partial charge is 0.479 e. The monoisotopic (exact) mass is 1270 g/mol. The molecule has 15 aliphatic rings. The highest BCUT2D eigenvalue weighted by Gasteiger charge is 2.73. The smallest absolute Gasteiger partial charge is 0.335 e. The first-order chi connectivity index (χ1) is 41.7. The third kappa shape index (κ3) is 11.8. The maximum atomic E-state index is 14.7. The molecule has 0 spiro atoms. The van der Waals surface area contributed by atoms with E-state index >= 15 is 0 Å². The fraction of sp³-hybridized carbons (Fsp3) is 0.857. The van der Waals surface area contributed by atoms with Crippen molar-refractivity contribution >= 4 is 17.9 Å². The van der Waals surface area contributed by atoms with Crippen LogP contribution in [0.15, 0.2) is 34.9 Å². The third-order valence-electron chi connectivity index (χ3n) is 23.3. The van der Waals surface area contributed by atoms with Crippen molar-refractivity contribution in [3.05, 3.63) is 34.9 Å². The topological polar surface area (TPSA) is 407 Å². The number of aliphatic hydroxyl groups is 12. The first kappa shape index (κ1) is 70.2. The third-order valence-corrected chi connectivity index (χ3v) is 23.3. The number of carbonyl (C=O) groups excluding carboxylic acids is 2. The number of carboxylic acids is 1. The lowest BCUT2D eigenvalue weighted by atomic mass is 9.32. The zero-order valence-electron chi connectivity index (χ0n) is 52.8. The Morgan fingerprint density at radius 1 is 0.787 bits per heavy atom. The number of rotatable bonds is 16. The maximum Gasteiger partial charge on any atom is 0.335 e. The molecule has 0 radical (unpaired) electrons. The van der Waals surface area contributed by atoms with Crippen LogP contribution in [0.3, 0.4) is 0 Å². The number of hydrogen-bond donors (Lipinski definition) is 13. The van der Waals surface area contributed by atoms with E-state index in [-0.39, 0.29) is 42.2 Å². The van der Waals surface area contributed by atoms with Crippen LogP contribution in [0.25, 0.3) is 0 Å². The van der Waals surface area contributed by atoms with Crippen LogP contribution >= 0.6 is 0 Å². The van der Waals surface area contributed by atoms with E-state index in [0.717, 1.165) is 5.57 Å². The lowest BCUT2D eigenvalue weighted by molar-refractivity contribution is -0.386. The first-order valence-electron chi connectivity index (χ1n) is 31.5. The highest BCUT2D eigenvalue weighted by Crippen LogP contribution is 2.76. The number of aliphatic carboxylic acids is 1. The molecule has 89 heavy (non-hydrogen) atoms. The Hall–Kier alpha value is -3.17. The number of allylic oxidation sites excluding steroid dienone is 4. The van der Waals surface area contributed by atoms with Crippen LogP contribution in [0.1, 0.15) is 128 Å². The summed E-state index contributed by atoms with van der Waals surface area (Å²) in [5.41, 5.74) is -4.09. The average Bonchev–Trinajstić information content (AvgIpc) is 0.727. The van der Waals surface area contributed by atoms with Crippen molar-refractivity contribution in [2.24, 2.45) is 50.2 Å². The summed E-state index contributed by atoms with van der Waals surface area (Å²) in [4.78, 5) is 41.6. The van der Waals surface area contributed by atoms with Crippen LogP contribution in [0.2, 0.25) is 0 Å². The van der Waals surface area contributed by atoms with Crippen molar-refractivity contribution in [1.29, 1.82) is 0 Å². The SMILES string of the molecule is C/C=C(/C)C(=O)OC1C(O)[C@H]2OC(C)[C@@H]1OC(=O)/C(C)=C\C[C@@]1(C)C3CC[C@]4(C)C(CC=C5C6CC(C)(C)[C@@H](O2)[C@H](O)[C@]6(CO)[C@H](O)C[C@]54C)[C@@]3(C)CC[C@@H]1O[C@@H]1OC(C(=O)O)[C@@H](O)C(OC(C)O[C@@H](CO)C(O)CO)C1O[C@@H]1OC(CO)[C@H](O)C(O)C1O. The second kappa shape index (κ2) is 26.2. The first-order valence-corrected chi connectivity index (χ1v) is 31.5. The maximum absolute atomic E-state index is 14.7. The van der Waals surface area contributed by atoms with E-state index in [1.165, 1.54) is 26.8 Å². The Balaban J connectivity index is 1.18. The van der Waals surface area contributed by atoms with Crippen LogP contribution in [0.4, 0.5) is 0 Å². The molecule has 10 heterocycles. The van der Waals surface area contributed by atoms with E-state index in [1.807, 2.05) is 20.8 Å². The zero-order valence-corrected chi connectivity index (χ0v) is 52.8. The van der Waals surface area contributed by atoms with Gasteiger partial charge in [0, 0.05) is 16.6 Å². The van der Waals surface area contributed by atoms with Crippen LogP contribution < -0.4 is 0 Å². The van der Waals surface area contributed by atoms with Gasteiger partial charge < -0.3 is 114 Å². The molecular formula is C63H98O26. The summed E-state index contributed by atoms with van der Waals surface area (Å²) < 4.78 is 62.7. The predicted octanol–water partition coefficient (Wildman–Crippen LogP) is 0.145. The van der Waals surface area contributed by atoms with E-state index in [4.69, 9.17) is 47.4 Å². The second-order valence-electron chi connectivity index (χ2n) is 28.5. The van der Waals surface area contributed by atoms with E-state index < -0.39 is 218 Å². The summed E-state index contributed by atoms with van der Waals surface area (Å²) in [6.45, 7) is 16.9. The Bertz CT molecular complexity index is 2650. The van der Waals surface area contributed by atoms with Gasteiger partial charge >= 0.3 is 17.9 Å². The highest BCUT2D eigenvalue weighted by atomic mass is 16.8. The average molecular weight is 1270 g/mol. The second-order valence-corrected chi connectivity index (χ2v) is 28.5. The van der Waals surface area contributed by atoms with Crippen LogP contribution in [0, 0.1) is 50.2 Å². The summed E-state index contributed by atoms with van der Waals surface area (Å²) in [5.74, 6) is -4.34. The molecule has 12 bridgehead atoms. The molecule has 0 amide bonds. The molecule has 10 aliphatic heterocycles. The fourth-order valence-electron chi connectivity index (χ4n) is 17.8. The predicted molar refractivity (Wildman–Crippen MR) is 307 cm³/mol. The van der Waals surface area contributed by atoms with Crippen LogP contribution in [0.5, 0.6) is 0 Å².